The highest BCUT2D eigenvalue weighted by Crippen LogP contribution is 2.26. The van der Waals surface area contributed by atoms with Gasteiger partial charge in [0, 0.05) is 34.1 Å². The van der Waals surface area contributed by atoms with Crippen LogP contribution in [-0.4, -0.2) is 10.1 Å². The zero-order valence-electron chi connectivity index (χ0n) is 10.3. The number of aliphatic hydroxyl groups excluding tert-OH is 1. The maximum Gasteiger partial charge on any atom is 0.128 e. The molecular weight excluding hydrogens is 313 g/mol. The molecule has 1 N–H and O–H groups in total. The lowest BCUT2D eigenvalue weighted by Gasteiger charge is -2.13. The van der Waals surface area contributed by atoms with E-state index in [4.69, 9.17) is 4.74 Å². The van der Waals surface area contributed by atoms with Crippen molar-refractivity contribution in [1.29, 1.82) is 0 Å². The van der Waals surface area contributed by atoms with Crippen molar-refractivity contribution in [3.63, 3.8) is 0 Å². The van der Waals surface area contributed by atoms with Crippen LogP contribution in [0.15, 0.2) is 41.1 Å². The van der Waals surface area contributed by atoms with Crippen LogP contribution in [0.5, 0.6) is 5.75 Å². The number of aliphatic hydroxyl groups is 1. The Balaban J connectivity index is 2.17. The summed E-state index contributed by atoms with van der Waals surface area (Å²) in [4.78, 5) is 4.02. The first kappa shape index (κ1) is 14.0. The largest absolute Gasteiger partial charge is 0.488 e. The summed E-state index contributed by atoms with van der Waals surface area (Å²) in [5, 5.41) is 9.61. The van der Waals surface area contributed by atoms with Crippen molar-refractivity contribution < 1.29 is 14.2 Å². The molecule has 1 atom stereocenters. The van der Waals surface area contributed by atoms with Crippen molar-refractivity contribution in [3.8, 4) is 5.75 Å². The first-order valence-corrected chi connectivity index (χ1v) is 6.55. The Morgan fingerprint density at radius 2 is 2.16 bits per heavy atom. The number of pyridine rings is 1. The molecule has 0 radical (unpaired) electrons. The van der Waals surface area contributed by atoms with Crippen molar-refractivity contribution in [1.82, 2.24) is 4.98 Å². The van der Waals surface area contributed by atoms with Gasteiger partial charge in [0.2, 0.25) is 0 Å². The van der Waals surface area contributed by atoms with Gasteiger partial charge in [0.05, 0.1) is 6.10 Å². The first-order chi connectivity index (χ1) is 9.06. The number of nitrogens with zero attached hydrogens (tertiary/aromatic N) is 1. The quantitative estimate of drug-likeness (QED) is 0.933. The van der Waals surface area contributed by atoms with E-state index in [2.05, 4.69) is 20.9 Å². The molecule has 0 fully saturated rings. The van der Waals surface area contributed by atoms with E-state index in [-0.39, 0.29) is 6.61 Å². The van der Waals surface area contributed by atoms with Gasteiger partial charge in [-0.2, -0.15) is 0 Å². The van der Waals surface area contributed by atoms with Gasteiger partial charge >= 0.3 is 0 Å². The Morgan fingerprint density at radius 1 is 1.37 bits per heavy atom. The van der Waals surface area contributed by atoms with Crippen molar-refractivity contribution in [2.45, 2.75) is 19.6 Å². The van der Waals surface area contributed by atoms with Gasteiger partial charge in [0.1, 0.15) is 18.2 Å². The Hall–Kier alpha value is -1.46. The number of aromatic nitrogens is 1. The zero-order valence-corrected chi connectivity index (χ0v) is 11.9. The molecule has 3 nitrogen and oxygen atoms in total. The molecule has 100 valence electrons. The van der Waals surface area contributed by atoms with Crippen LogP contribution in [0.3, 0.4) is 0 Å². The van der Waals surface area contributed by atoms with E-state index in [9.17, 15) is 9.50 Å². The predicted molar refractivity (Wildman–Crippen MR) is 73.3 cm³/mol. The molecule has 1 aromatic heterocycles. The molecule has 0 bridgehead atoms. The maximum absolute atomic E-state index is 13.2. The van der Waals surface area contributed by atoms with Crippen LogP contribution in [0.1, 0.15) is 24.2 Å². The van der Waals surface area contributed by atoms with Gasteiger partial charge in [-0.25, -0.2) is 4.39 Å². The number of benzene rings is 1. The minimum Gasteiger partial charge on any atom is -0.488 e. The second-order valence-corrected chi connectivity index (χ2v) is 5.07. The SMILES string of the molecule is CC(O)c1ccc(F)cc1OCc1cncc(Br)c1. The summed E-state index contributed by atoms with van der Waals surface area (Å²) in [5.41, 5.74) is 1.42. The number of ether oxygens (including phenoxy) is 1. The average molecular weight is 326 g/mol. The van der Waals surface area contributed by atoms with Crippen LogP contribution in [0.25, 0.3) is 0 Å². The van der Waals surface area contributed by atoms with E-state index in [0.717, 1.165) is 10.0 Å². The molecule has 0 saturated heterocycles. The Bertz CT molecular complexity index is 575. The van der Waals surface area contributed by atoms with E-state index >= 15 is 0 Å². The fourth-order valence-corrected chi connectivity index (χ4v) is 2.09. The van der Waals surface area contributed by atoms with Crippen molar-refractivity contribution in [3.05, 3.63) is 58.1 Å². The summed E-state index contributed by atoms with van der Waals surface area (Å²) < 4.78 is 19.6. The predicted octanol–water partition coefficient (Wildman–Crippen LogP) is 3.62. The Kier molecular flexibility index (Phi) is 4.50. The minimum atomic E-state index is -0.712. The molecule has 0 aliphatic heterocycles. The van der Waals surface area contributed by atoms with E-state index in [0.29, 0.717) is 11.3 Å². The Labute approximate surface area is 119 Å². The second-order valence-electron chi connectivity index (χ2n) is 4.16. The highest BCUT2D eigenvalue weighted by molar-refractivity contribution is 9.10. The van der Waals surface area contributed by atoms with Crippen molar-refractivity contribution in [2.75, 3.05) is 0 Å². The number of hydrogen-bond acceptors (Lipinski definition) is 3. The zero-order chi connectivity index (χ0) is 13.8. The summed E-state index contributed by atoms with van der Waals surface area (Å²) in [6, 6.07) is 5.96. The van der Waals surface area contributed by atoms with Gasteiger partial charge in [-0.15, -0.1) is 0 Å². The number of halogens is 2. The van der Waals surface area contributed by atoms with Crippen molar-refractivity contribution in [2.24, 2.45) is 0 Å². The molecule has 5 heteroatoms. The molecule has 1 aromatic carbocycles. The summed E-state index contributed by atoms with van der Waals surface area (Å²) in [5.74, 6) is -0.0539. The molecule has 1 unspecified atom stereocenters. The molecule has 2 aromatic rings. The molecule has 1 heterocycles. The van der Waals surface area contributed by atoms with Gasteiger partial charge < -0.3 is 9.84 Å². The molecule has 2 rings (SSSR count). The average Bonchev–Trinajstić information content (AvgIpc) is 2.36. The minimum absolute atomic E-state index is 0.260. The Morgan fingerprint density at radius 3 is 2.84 bits per heavy atom. The van der Waals surface area contributed by atoms with Gasteiger partial charge in [-0.3, -0.25) is 4.98 Å². The first-order valence-electron chi connectivity index (χ1n) is 5.76. The van der Waals surface area contributed by atoms with E-state index in [1.165, 1.54) is 18.2 Å². The van der Waals surface area contributed by atoms with Crippen LogP contribution in [0, 0.1) is 5.82 Å². The lowest BCUT2D eigenvalue weighted by Crippen LogP contribution is -2.02. The van der Waals surface area contributed by atoms with E-state index < -0.39 is 11.9 Å². The highest BCUT2D eigenvalue weighted by atomic mass is 79.9. The third kappa shape index (κ3) is 3.75. The lowest BCUT2D eigenvalue weighted by molar-refractivity contribution is 0.190. The summed E-state index contributed by atoms with van der Waals surface area (Å²) in [6.07, 6.45) is 2.63. The van der Waals surface area contributed by atoms with E-state index in [1.807, 2.05) is 6.07 Å². The van der Waals surface area contributed by atoms with Crippen LogP contribution in [-0.2, 0) is 6.61 Å². The number of rotatable bonds is 4. The monoisotopic (exact) mass is 325 g/mol. The van der Waals surface area contributed by atoms with Crippen LogP contribution < -0.4 is 4.74 Å². The molecular formula is C14H13BrFNO2. The van der Waals surface area contributed by atoms with Gasteiger partial charge in [0.15, 0.2) is 0 Å². The third-order valence-corrected chi connectivity index (χ3v) is 3.02. The van der Waals surface area contributed by atoms with Crippen LogP contribution in [0.4, 0.5) is 4.39 Å². The number of hydrogen-bond donors (Lipinski definition) is 1. The summed E-state index contributed by atoms with van der Waals surface area (Å²) in [7, 11) is 0. The molecule has 0 aliphatic rings. The molecule has 19 heavy (non-hydrogen) atoms. The smallest absolute Gasteiger partial charge is 0.128 e. The maximum atomic E-state index is 13.2. The van der Waals surface area contributed by atoms with Gasteiger partial charge in [-0.05, 0) is 41.1 Å². The van der Waals surface area contributed by atoms with Crippen LogP contribution >= 0.6 is 15.9 Å². The standard InChI is InChI=1S/C14H13BrFNO2/c1-9(18)13-3-2-12(16)5-14(13)19-8-10-4-11(15)7-17-6-10/h2-7,9,18H,8H2,1H3. The molecule has 0 spiro atoms. The van der Waals surface area contributed by atoms with Crippen LogP contribution in [0.2, 0.25) is 0 Å². The normalized spacial score (nSPS) is 12.2. The fraction of sp³-hybridized carbons (Fsp3) is 0.214. The second kappa shape index (κ2) is 6.12. The van der Waals surface area contributed by atoms with E-state index in [1.54, 1.807) is 19.3 Å². The van der Waals surface area contributed by atoms with Gasteiger partial charge in [0.25, 0.3) is 0 Å². The van der Waals surface area contributed by atoms with Gasteiger partial charge in [-0.1, -0.05) is 0 Å². The van der Waals surface area contributed by atoms with Crippen molar-refractivity contribution >= 4 is 15.9 Å². The molecule has 0 saturated carbocycles. The summed E-state index contributed by atoms with van der Waals surface area (Å²) in [6.45, 7) is 1.87. The molecule has 0 aliphatic carbocycles. The topological polar surface area (TPSA) is 42.4 Å². The third-order valence-electron chi connectivity index (χ3n) is 2.58. The highest BCUT2D eigenvalue weighted by Gasteiger charge is 2.10. The summed E-state index contributed by atoms with van der Waals surface area (Å²) >= 11 is 3.32. The molecule has 0 amide bonds. The lowest BCUT2D eigenvalue weighted by atomic mass is 10.1. The fourth-order valence-electron chi connectivity index (χ4n) is 1.67.